The number of hydrogen-bond acceptors (Lipinski definition) is 8. The van der Waals surface area contributed by atoms with Crippen molar-refractivity contribution in [1.82, 2.24) is 0 Å². The van der Waals surface area contributed by atoms with E-state index < -0.39 is 82.3 Å². The minimum absolute atomic E-state index is 0.000858. The highest BCUT2D eigenvalue weighted by molar-refractivity contribution is 6.01. The smallest absolute Gasteiger partial charge is 0.306 e. The molecule has 4 rings (SSSR count). The van der Waals surface area contributed by atoms with Crippen molar-refractivity contribution in [2.75, 3.05) is 6.61 Å². The van der Waals surface area contributed by atoms with Gasteiger partial charge in [0.05, 0.1) is 0 Å². The maximum absolute atomic E-state index is 17.9. The van der Waals surface area contributed by atoms with Crippen molar-refractivity contribution in [3.05, 3.63) is 23.8 Å². The topological polar surface area (TPSA) is 113 Å². The molecule has 4 aliphatic rings. The van der Waals surface area contributed by atoms with E-state index in [4.69, 9.17) is 14.2 Å². The predicted molar refractivity (Wildman–Crippen MR) is 134 cm³/mol. The maximum Gasteiger partial charge on any atom is 0.306 e. The molecule has 39 heavy (non-hydrogen) atoms. The second-order valence-corrected chi connectivity index (χ2v) is 11.7. The second kappa shape index (κ2) is 9.93. The first-order valence-electron chi connectivity index (χ1n) is 13.5. The average molecular weight is 551 g/mol. The highest BCUT2D eigenvalue weighted by Gasteiger charge is 2.77. The van der Waals surface area contributed by atoms with Crippen molar-refractivity contribution >= 4 is 29.5 Å². The van der Waals surface area contributed by atoms with Crippen LogP contribution < -0.4 is 0 Å². The lowest BCUT2D eigenvalue weighted by atomic mass is 9.44. The number of ether oxygens (including phenoxy) is 3. The molecule has 0 aliphatic heterocycles. The van der Waals surface area contributed by atoms with E-state index >= 15 is 8.78 Å². The largest absolute Gasteiger partial charge is 0.459 e. The Labute approximate surface area is 226 Å². The van der Waals surface area contributed by atoms with E-state index in [-0.39, 0.29) is 37.7 Å². The molecule has 0 aromatic heterocycles. The van der Waals surface area contributed by atoms with Crippen molar-refractivity contribution in [2.24, 2.45) is 22.7 Å². The molecular weight excluding hydrogens is 514 g/mol. The molecule has 0 unspecified atom stereocenters. The zero-order valence-corrected chi connectivity index (χ0v) is 23.0. The Morgan fingerprint density at radius 1 is 1.10 bits per heavy atom. The zero-order valence-electron chi connectivity index (χ0n) is 23.0. The summed E-state index contributed by atoms with van der Waals surface area (Å²) in [4.78, 5) is 62.5. The van der Waals surface area contributed by atoms with Gasteiger partial charge in [0, 0.05) is 37.0 Å². The first kappa shape index (κ1) is 29.1. The molecule has 0 N–H and O–H groups in total. The van der Waals surface area contributed by atoms with Crippen molar-refractivity contribution in [3.8, 4) is 0 Å². The lowest BCUT2D eigenvalue weighted by Crippen LogP contribution is -2.71. The SMILES string of the molecule is CCCC(=O)O[C@]1(C(=O)COC(C)=O)CC[C@H]2[C@@H]3C[C@H](F)C4=CC(=O)C=C[C@]4(C)[C@@]3(F)[C@@H](OC(C)=O)C[C@@]21C. The lowest BCUT2D eigenvalue weighted by Gasteiger charge is -2.63. The summed E-state index contributed by atoms with van der Waals surface area (Å²) in [6.45, 7) is 6.61. The van der Waals surface area contributed by atoms with Gasteiger partial charge in [-0.05, 0) is 62.7 Å². The number of ketones is 2. The molecule has 214 valence electrons. The highest BCUT2D eigenvalue weighted by atomic mass is 19.1. The van der Waals surface area contributed by atoms with Gasteiger partial charge in [0.1, 0.15) is 12.3 Å². The second-order valence-electron chi connectivity index (χ2n) is 11.7. The van der Waals surface area contributed by atoms with E-state index in [0.717, 1.165) is 19.9 Å². The first-order valence-corrected chi connectivity index (χ1v) is 13.5. The molecular formula is C29H36F2O8. The van der Waals surface area contributed by atoms with Gasteiger partial charge in [-0.1, -0.05) is 19.9 Å². The summed E-state index contributed by atoms with van der Waals surface area (Å²) >= 11 is 0. The van der Waals surface area contributed by atoms with E-state index in [1.165, 1.54) is 19.1 Å². The number of carbonyl (C=O) groups is 5. The Hall–Kier alpha value is -2.91. The fourth-order valence-electron chi connectivity index (χ4n) is 7.90. The molecule has 0 aromatic rings. The fourth-order valence-corrected chi connectivity index (χ4v) is 7.90. The molecule has 0 radical (unpaired) electrons. The van der Waals surface area contributed by atoms with Crippen LogP contribution in [0.5, 0.6) is 0 Å². The molecule has 0 amide bonds. The zero-order chi connectivity index (χ0) is 29.0. The summed E-state index contributed by atoms with van der Waals surface area (Å²) in [5.41, 5.74) is -6.95. The summed E-state index contributed by atoms with van der Waals surface area (Å²) in [7, 11) is 0. The number of alkyl halides is 2. The van der Waals surface area contributed by atoms with Crippen LogP contribution in [0, 0.1) is 22.7 Å². The van der Waals surface area contributed by atoms with E-state index in [9.17, 15) is 24.0 Å². The van der Waals surface area contributed by atoms with Gasteiger partial charge in [-0.2, -0.15) is 0 Å². The van der Waals surface area contributed by atoms with Gasteiger partial charge in [0.2, 0.25) is 5.78 Å². The molecule has 0 saturated heterocycles. The quantitative estimate of drug-likeness (QED) is 0.344. The molecule has 0 aromatic carbocycles. The molecule has 0 heterocycles. The highest BCUT2D eigenvalue weighted by Crippen LogP contribution is 2.71. The summed E-state index contributed by atoms with van der Waals surface area (Å²) in [6.07, 6.45) is 0.844. The summed E-state index contributed by atoms with van der Waals surface area (Å²) < 4.78 is 50.2. The van der Waals surface area contributed by atoms with Crippen LogP contribution in [-0.4, -0.2) is 59.6 Å². The molecule has 3 fully saturated rings. The molecule has 8 atom stereocenters. The van der Waals surface area contributed by atoms with Gasteiger partial charge in [-0.3, -0.25) is 24.0 Å². The monoisotopic (exact) mass is 550 g/mol. The van der Waals surface area contributed by atoms with Crippen molar-refractivity contribution < 1.29 is 47.0 Å². The third-order valence-corrected chi connectivity index (χ3v) is 9.63. The van der Waals surface area contributed by atoms with Crippen molar-refractivity contribution in [2.45, 2.75) is 96.7 Å². The standard InChI is InChI=1S/C29H36F2O8/c1-6-7-25(36)39-28(23(35)15-37-16(2)32)11-9-19-20-13-22(30)21-12-18(34)8-10-26(21,4)29(20,31)24(38-17(3)33)14-27(19,28)5/h8,10,12,19-20,22,24H,6-7,9,11,13-15H2,1-5H3/t19-,20-,22-,24-,26-,27-,28-,29-/m0/s1. The van der Waals surface area contributed by atoms with Gasteiger partial charge in [0.25, 0.3) is 0 Å². The molecule has 4 aliphatic carbocycles. The van der Waals surface area contributed by atoms with Crippen LogP contribution >= 0.6 is 0 Å². The van der Waals surface area contributed by atoms with Crippen LogP contribution in [0.4, 0.5) is 8.78 Å². The minimum Gasteiger partial charge on any atom is -0.459 e. The van der Waals surface area contributed by atoms with Gasteiger partial charge < -0.3 is 14.2 Å². The number of carbonyl (C=O) groups excluding carboxylic acids is 5. The number of esters is 3. The fraction of sp³-hybridized carbons (Fsp3) is 0.690. The van der Waals surface area contributed by atoms with Gasteiger partial charge in [0.15, 0.2) is 23.7 Å². The number of fused-ring (bicyclic) bond motifs is 5. The summed E-state index contributed by atoms with van der Waals surface area (Å²) in [5.74, 6) is -4.87. The predicted octanol–water partition coefficient (Wildman–Crippen LogP) is 4.09. The lowest BCUT2D eigenvalue weighted by molar-refractivity contribution is -0.237. The Morgan fingerprint density at radius 3 is 2.41 bits per heavy atom. The van der Waals surface area contributed by atoms with Gasteiger partial charge in [-0.25, -0.2) is 8.78 Å². The van der Waals surface area contributed by atoms with Gasteiger partial charge >= 0.3 is 17.9 Å². The molecule has 10 heteroatoms. The van der Waals surface area contributed by atoms with Crippen LogP contribution in [0.2, 0.25) is 0 Å². The van der Waals surface area contributed by atoms with Crippen LogP contribution in [0.15, 0.2) is 23.8 Å². The number of halogens is 2. The number of hydrogen-bond donors (Lipinski definition) is 0. The van der Waals surface area contributed by atoms with E-state index in [2.05, 4.69) is 0 Å². The first-order chi connectivity index (χ1) is 18.2. The van der Waals surface area contributed by atoms with Crippen LogP contribution in [0.3, 0.4) is 0 Å². The summed E-state index contributed by atoms with van der Waals surface area (Å²) in [5, 5.41) is 0. The number of Topliss-reactive ketones (excluding diaryl/α,β-unsaturated/α-hetero) is 1. The summed E-state index contributed by atoms with van der Waals surface area (Å²) in [6, 6.07) is 0. The molecule has 0 spiro atoms. The van der Waals surface area contributed by atoms with Crippen LogP contribution in [0.1, 0.15) is 73.1 Å². The molecule has 8 nitrogen and oxygen atoms in total. The van der Waals surface area contributed by atoms with E-state index in [1.807, 2.05) is 0 Å². The number of rotatable bonds is 7. The Balaban J connectivity index is 1.87. The average Bonchev–Trinajstić information content (AvgIpc) is 3.13. The third-order valence-electron chi connectivity index (χ3n) is 9.63. The minimum atomic E-state index is -2.31. The van der Waals surface area contributed by atoms with Crippen LogP contribution in [0.25, 0.3) is 0 Å². The Kier molecular flexibility index (Phi) is 7.40. The Bertz CT molecular complexity index is 1160. The molecule has 3 saturated carbocycles. The van der Waals surface area contributed by atoms with Gasteiger partial charge in [-0.15, -0.1) is 0 Å². The molecule has 0 bridgehead atoms. The van der Waals surface area contributed by atoms with Crippen LogP contribution in [-0.2, 0) is 38.2 Å². The number of allylic oxidation sites excluding steroid dienone is 4. The van der Waals surface area contributed by atoms with E-state index in [1.54, 1.807) is 13.8 Å². The Morgan fingerprint density at radius 2 is 1.79 bits per heavy atom. The normalized spacial score (nSPS) is 40.5. The van der Waals surface area contributed by atoms with E-state index in [0.29, 0.717) is 6.42 Å². The van der Waals surface area contributed by atoms with Crippen molar-refractivity contribution in [1.29, 1.82) is 0 Å². The maximum atomic E-state index is 17.9. The van der Waals surface area contributed by atoms with Crippen molar-refractivity contribution in [3.63, 3.8) is 0 Å². The third kappa shape index (κ3) is 4.25.